The minimum absolute atomic E-state index is 0.0983. The van der Waals surface area contributed by atoms with E-state index >= 15 is 0 Å². The topological polar surface area (TPSA) is 71.4 Å². The SMILES string of the molecule is C#CCS(=O)(=O)c1cc(C(=O)O)ccc1Br. The number of carboxylic acid groups (broad SMARTS) is 1. The number of hydrogen-bond donors (Lipinski definition) is 1. The van der Waals surface area contributed by atoms with Crippen LogP contribution in [0.15, 0.2) is 27.6 Å². The van der Waals surface area contributed by atoms with Gasteiger partial charge >= 0.3 is 5.97 Å². The van der Waals surface area contributed by atoms with E-state index in [1.807, 2.05) is 5.92 Å². The lowest BCUT2D eigenvalue weighted by atomic mass is 10.2. The number of carboxylic acids is 1. The van der Waals surface area contributed by atoms with Crippen LogP contribution in [-0.4, -0.2) is 25.2 Å². The molecular weight excluding hydrogens is 296 g/mol. The van der Waals surface area contributed by atoms with E-state index in [-0.39, 0.29) is 10.5 Å². The fourth-order valence-corrected chi connectivity index (χ4v) is 3.10. The van der Waals surface area contributed by atoms with Crippen LogP contribution in [0.5, 0.6) is 0 Å². The predicted molar refractivity (Wildman–Crippen MR) is 62.0 cm³/mol. The summed E-state index contributed by atoms with van der Waals surface area (Å²) in [5.41, 5.74) is -0.0983. The van der Waals surface area contributed by atoms with Gasteiger partial charge in [-0.3, -0.25) is 0 Å². The van der Waals surface area contributed by atoms with Crippen molar-refractivity contribution in [3.8, 4) is 12.3 Å². The molecule has 16 heavy (non-hydrogen) atoms. The molecule has 0 atom stereocenters. The smallest absolute Gasteiger partial charge is 0.335 e. The van der Waals surface area contributed by atoms with Crippen molar-refractivity contribution in [2.75, 3.05) is 5.75 Å². The summed E-state index contributed by atoms with van der Waals surface area (Å²) in [5, 5.41) is 8.75. The van der Waals surface area contributed by atoms with E-state index < -0.39 is 21.6 Å². The van der Waals surface area contributed by atoms with Gasteiger partial charge in [0.15, 0.2) is 9.84 Å². The van der Waals surface area contributed by atoms with Gasteiger partial charge in [0, 0.05) is 4.47 Å². The summed E-state index contributed by atoms with van der Waals surface area (Å²) in [7, 11) is -3.64. The highest BCUT2D eigenvalue weighted by atomic mass is 79.9. The Hall–Kier alpha value is -1.32. The average molecular weight is 303 g/mol. The Kier molecular flexibility index (Phi) is 3.73. The molecule has 0 spiro atoms. The van der Waals surface area contributed by atoms with Crippen LogP contribution in [-0.2, 0) is 9.84 Å². The molecule has 0 aromatic heterocycles. The minimum atomic E-state index is -3.64. The summed E-state index contributed by atoms with van der Waals surface area (Å²) >= 11 is 3.04. The summed E-state index contributed by atoms with van der Waals surface area (Å²) in [6, 6.07) is 3.76. The van der Waals surface area contributed by atoms with Crippen molar-refractivity contribution in [3.63, 3.8) is 0 Å². The highest BCUT2D eigenvalue weighted by Crippen LogP contribution is 2.24. The minimum Gasteiger partial charge on any atom is -0.478 e. The fraction of sp³-hybridized carbons (Fsp3) is 0.100. The third-order valence-corrected chi connectivity index (χ3v) is 4.30. The molecule has 4 nitrogen and oxygen atoms in total. The average Bonchev–Trinajstić information content (AvgIpc) is 2.17. The number of terminal acetylenes is 1. The maximum Gasteiger partial charge on any atom is 0.335 e. The molecule has 0 saturated carbocycles. The molecule has 0 bridgehead atoms. The van der Waals surface area contributed by atoms with Gasteiger partial charge in [-0.15, -0.1) is 6.42 Å². The van der Waals surface area contributed by atoms with Crippen LogP contribution in [0.4, 0.5) is 0 Å². The quantitative estimate of drug-likeness (QED) is 0.860. The molecule has 0 aliphatic carbocycles. The van der Waals surface area contributed by atoms with Gasteiger partial charge in [0.05, 0.1) is 10.5 Å². The molecule has 0 heterocycles. The summed E-state index contributed by atoms with van der Waals surface area (Å²) in [6.07, 6.45) is 4.94. The zero-order valence-corrected chi connectivity index (χ0v) is 10.4. The summed E-state index contributed by atoms with van der Waals surface area (Å²) < 4.78 is 23.6. The maximum atomic E-state index is 11.7. The normalized spacial score (nSPS) is 10.8. The molecule has 0 amide bonds. The number of rotatable bonds is 3. The highest BCUT2D eigenvalue weighted by Gasteiger charge is 2.18. The van der Waals surface area contributed by atoms with Crippen molar-refractivity contribution in [3.05, 3.63) is 28.2 Å². The predicted octanol–water partition coefficient (Wildman–Crippen LogP) is 1.55. The van der Waals surface area contributed by atoms with Crippen molar-refractivity contribution >= 4 is 31.7 Å². The number of halogens is 1. The first-order chi connectivity index (χ1) is 7.38. The van der Waals surface area contributed by atoms with Gasteiger partial charge in [-0.25, -0.2) is 13.2 Å². The molecule has 1 aromatic carbocycles. The Labute approximate surface area is 101 Å². The molecule has 0 unspecified atom stereocenters. The third kappa shape index (κ3) is 2.62. The van der Waals surface area contributed by atoms with E-state index in [1.54, 1.807) is 0 Å². The highest BCUT2D eigenvalue weighted by molar-refractivity contribution is 9.10. The van der Waals surface area contributed by atoms with Gasteiger partial charge < -0.3 is 5.11 Å². The molecule has 0 aliphatic rings. The number of hydrogen-bond acceptors (Lipinski definition) is 3. The van der Waals surface area contributed by atoms with E-state index in [1.165, 1.54) is 12.1 Å². The lowest BCUT2D eigenvalue weighted by molar-refractivity contribution is 0.0696. The number of sulfone groups is 1. The Morgan fingerprint density at radius 1 is 1.50 bits per heavy atom. The summed E-state index contributed by atoms with van der Waals surface area (Å²) in [5.74, 6) is 0.372. The van der Waals surface area contributed by atoms with Crippen LogP contribution in [0.1, 0.15) is 10.4 Å². The van der Waals surface area contributed by atoms with Crippen LogP contribution < -0.4 is 0 Å². The Bertz CT molecular complexity index is 569. The van der Waals surface area contributed by atoms with Crippen LogP contribution in [0.2, 0.25) is 0 Å². The van der Waals surface area contributed by atoms with Gasteiger partial charge in [0.1, 0.15) is 5.75 Å². The molecule has 84 valence electrons. The zero-order valence-electron chi connectivity index (χ0n) is 7.97. The van der Waals surface area contributed by atoms with Crippen LogP contribution >= 0.6 is 15.9 Å². The first-order valence-electron chi connectivity index (χ1n) is 4.07. The first kappa shape index (κ1) is 12.7. The van der Waals surface area contributed by atoms with Gasteiger partial charge in [-0.2, -0.15) is 0 Å². The Morgan fingerprint density at radius 2 is 2.12 bits per heavy atom. The van der Waals surface area contributed by atoms with E-state index in [0.29, 0.717) is 4.47 Å². The summed E-state index contributed by atoms with van der Waals surface area (Å²) in [4.78, 5) is 10.6. The fourth-order valence-electron chi connectivity index (χ4n) is 1.06. The molecular formula is C10H7BrO4S. The maximum absolute atomic E-state index is 11.7. The number of aromatic carboxylic acids is 1. The van der Waals surface area contributed by atoms with Crippen molar-refractivity contribution in [1.29, 1.82) is 0 Å². The van der Waals surface area contributed by atoms with E-state index in [2.05, 4.69) is 15.9 Å². The lowest BCUT2D eigenvalue weighted by Gasteiger charge is -2.04. The first-order valence-corrected chi connectivity index (χ1v) is 6.52. The van der Waals surface area contributed by atoms with E-state index in [9.17, 15) is 13.2 Å². The van der Waals surface area contributed by atoms with Crippen molar-refractivity contribution in [1.82, 2.24) is 0 Å². The van der Waals surface area contributed by atoms with Crippen molar-refractivity contribution < 1.29 is 18.3 Å². The standard InChI is InChI=1S/C10H7BrO4S/c1-2-5-16(14,15)9-6-7(10(12)13)3-4-8(9)11/h1,3-4,6H,5H2,(H,12,13). The second-order valence-electron chi connectivity index (χ2n) is 2.91. The van der Waals surface area contributed by atoms with Gasteiger partial charge in [0.2, 0.25) is 0 Å². The van der Waals surface area contributed by atoms with Gasteiger partial charge in [-0.1, -0.05) is 5.92 Å². The van der Waals surface area contributed by atoms with E-state index in [4.69, 9.17) is 11.5 Å². The molecule has 0 aliphatic heterocycles. The second kappa shape index (κ2) is 4.68. The molecule has 6 heteroatoms. The van der Waals surface area contributed by atoms with Crippen LogP contribution in [0.3, 0.4) is 0 Å². The zero-order chi connectivity index (χ0) is 12.3. The van der Waals surface area contributed by atoms with Gasteiger partial charge in [0.25, 0.3) is 0 Å². The molecule has 0 fully saturated rings. The second-order valence-corrected chi connectivity index (χ2v) is 5.73. The van der Waals surface area contributed by atoms with Crippen LogP contribution in [0.25, 0.3) is 0 Å². The van der Waals surface area contributed by atoms with Crippen molar-refractivity contribution in [2.45, 2.75) is 4.90 Å². The van der Waals surface area contributed by atoms with E-state index in [0.717, 1.165) is 6.07 Å². The van der Waals surface area contributed by atoms with Crippen LogP contribution in [0, 0.1) is 12.3 Å². The lowest BCUT2D eigenvalue weighted by Crippen LogP contribution is -2.07. The molecule has 0 saturated heterocycles. The molecule has 0 radical (unpaired) electrons. The molecule has 1 aromatic rings. The number of benzene rings is 1. The molecule has 1 N–H and O–H groups in total. The third-order valence-electron chi connectivity index (χ3n) is 1.79. The monoisotopic (exact) mass is 302 g/mol. The Morgan fingerprint density at radius 3 is 2.62 bits per heavy atom. The van der Waals surface area contributed by atoms with Crippen molar-refractivity contribution in [2.24, 2.45) is 0 Å². The van der Waals surface area contributed by atoms with Gasteiger partial charge in [-0.05, 0) is 34.1 Å². The number of carbonyl (C=O) groups is 1. The Balaban J connectivity index is 3.40. The largest absolute Gasteiger partial charge is 0.478 e. The summed E-state index contributed by atoms with van der Waals surface area (Å²) in [6.45, 7) is 0. The molecule has 1 rings (SSSR count).